The molecule has 2 atom stereocenters. The first kappa shape index (κ1) is 26.0. The SMILES string of the molecule is COc1cc([C@@H]2C[C@H](c3nc(-c4ccc(Cl)cc4F)c4nc(C(F)(F)F)n(C)c(=O)c4n3)CCO2)ccn1. The maximum Gasteiger partial charge on any atom is 0.449 e. The first-order chi connectivity index (χ1) is 18.1. The molecule has 1 aliphatic rings. The summed E-state index contributed by atoms with van der Waals surface area (Å²) >= 11 is 5.88. The van der Waals surface area contributed by atoms with Gasteiger partial charge in [0.05, 0.1) is 13.2 Å². The normalized spacial score (nSPS) is 18.1. The van der Waals surface area contributed by atoms with Crippen molar-refractivity contribution in [2.75, 3.05) is 13.7 Å². The van der Waals surface area contributed by atoms with E-state index in [1.165, 1.54) is 19.2 Å². The van der Waals surface area contributed by atoms with Gasteiger partial charge in [-0.05, 0) is 42.7 Å². The summed E-state index contributed by atoms with van der Waals surface area (Å²) in [5.41, 5.74) is -1.39. The third-order valence-electron chi connectivity index (χ3n) is 6.37. The molecule has 0 unspecified atom stereocenters. The van der Waals surface area contributed by atoms with E-state index < -0.39 is 28.9 Å². The molecule has 4 heterocycles. The van der Waals surface area contributed by atoms with Crippen LogP contribution in [0, 0.1) is 5.82 Å². The number of nitrogens with zero attached hydrogens (tertiary/aromatic N) is 5. The molecule has 0 radical (unpaired) electrons. The molecule has 1 aromatic carbocycles. The fourth-order valence-corrected chi connectivity index (χ4v) is 4.63. The second-order valence-corrected chi connectivity index (χ2v) is 9.20. The standard InChI is InChI=1S/C25H20ClF4N5O3/c1-35-23(36)21-20(34-24(35)25(28,29)30)19(15-4-3-14(26)11-16(15)27)32-22(33-21)13-6-8-38-17(9-13)12-5-7-31-18(10-12)37-2/h3-5,7,10-11,13,17H,6,8-9H2,1-2H3/t13-,17+/m1/s1. The molecule has 1 saturated heterocycles. The molecule has 8 nitrogen and oxygen atoms in total. The number of rotatable bonds is 4. The van der Waals surface area contributed by atoms with Crippen LogP contribution >= 0.6 is 11.6 Å². The summed E-state index contributed by atoms with van der Waals surface area (Å²) in [6, 6.07) is 7.19. The summed E-state index contributed by atoms with van der Waals surface area (Å²) in [4.78, 5) is 29.7. The molecule has 198 valence electrons. The monoisotopic (exact) mass is 549 g/mol. The van der Waals surface area contributed by atoms with Gasteiger partial charge in [0.25, 0.3) is 5.56 Å². The van der Waals surface area contributed by atoms with Gasteiger partial charge < -0.3 is 9.47 Å². The van der Waals surface area contributed by atoms with Gasteiger partial charge in [-0.3, -0.25) is 9.36 Å². The van der Waals surface area contributed by atoms with Crippen molar-refractivity contribution in [3.05, 3.63) is 74.9 Å². The Bertz CT molecular complexity index is 1590. The molecule has 0 N–H and O–H groups in total. The van der Waals surface area contributed by atoms with Crippen molar-refractivity contribution >= 4 is 22.6 Å². The van der Waals surface area contributed by atoms with Crippen molar-refractivity contribution in [2.45, 2.75) is 31.0 Å². The molecule has 3 aromatic heterocycles. The van der Waals surface area contributed by atoms with Crippen molar-refractivity contribution < 1.29 is 27.0 Å². The Kier molecular flexibility index (Phi) is 6.78. The topological polar surface area (TPSA) is 92.0 Å². The molecule has 0 saturated carbocycles. The third kappa shape index (κ3) is 4.81. The quantitative estimate of drug-likeness (QED) is 0.321. The van der Waals surface area contributed by atoms with E-state index in [1.807, 2.05) is 0 Å². The number of ether oxygens (including phenoxy) is 2. The highest BCUT2D eigenvalue weighted by Gasteiger charge is 2.38. The Labute approximate surface area is 218 Å². The van der Waals surface area contributed by atoms with E-state index >= 15 is 0 Å². The molecule has 0 amide bonds. The Morgan fingerprint density at radius 3 is 2.63 bits per heavy atom. The molecule has 1 aliphatic heterocycles. The van der Waals surface area contributed by atoms with Gasteiger partial charge >= 0.3 is 6.18 Å². The number of pyridine rings is 1. The number of alkyl halides is 3. The van der Waals surface area contributed by atoms with Gasteiger partial charge in [-0.25, -0.2) is 24.3 Å². The molecule has 0 bridgehead atoms. The highest BCUT2D eigenvalue weighted by Crippen LogP contribution is 2.39. The number of fused-ring (bicyclic) bond motifs is 1. The van der Waals surface area contributed by atoms with Gasteiger partial charge in [0.1, 0.15) is 22.9 Å². The van der Waals surface area contributed by atoms with Crippen LogP contribution in [0.4, 0.5) is 17.6 Å². The number of methoxy groups -OCH3 is 1. The maximum absolute atomic E-state index is 15.0. The van der Waals surface area contributed by atoms with Crippen LogP contribution in [0.1, 0.15) is 42.1 Å². The van der Waals surface area contributed by atoms with E-state index in [0.717, 1.165) is 18.7 Å². The lowest BCUT2D eigenvalue weighted by molar-refractivity contribution is -0.147. The van der Waals surface area contributed by atoms with Gasteiger partial charge in [0.2, 0.25) is 11.7 Å². The zero-order valence-electron chi connectivity index (χ0n) is 20.1. The molecule has 0 aliphatic carbocycles. The first-order valence-electron chi connectivity index (χ1n) is 11.5. The number of hydrogen-bond acceptors (Lipinski definition) is 7. The highest BCUT2D eigenvalue weighted by atomic mass is 35.5. The van der Waals surface area contributed by atoms with E-state index in [4.69, 9.17) is 21.1 Å². The Morgan fingerprint density at radius 2 is 1.92 bits per heavy atom. The molecular formula is C25H20ClF4N5O3. The van der Waals surface area contributed by atoms with Crippen LogP contribution in [0.5, 0.6) is 5.88 Å². The molecule has 4 aromatic rings. The predicted octanol–water partition coefficient (Wildman–Crippen LogP) is 5.24. The van der Waals surface area contributed by atoms with Crippen molar-refractivity contribution in [1.82, 2.24) is 24.5 Å². The van der Waals surface area contributed by atoms with Crippen LogP contribution in [0.15, 0.2) is 41.3 Å². The molecule has 1 fully saturated rings. The second-order valence-electron chi connectivity index (χ2n) is 8.76. The van der Waals surface area contributed by atoms with Crippen molar-refractivity contribution in [1.29, 1.82) is 0 Å². The van der Waals surface area contributed by atoms with Crippen LogP contribution in [-0.4, -0.2) is 38.2 Å². The summed E-state index contributed by atoms with van der Waals surface area (Å²) in [5.74, 6) is -2.04. The van der Waals surface area contributed by atoms with E-state index in [1.54, 1.807) is 18.3 Å². The fourth-order valence-electron chi connectivity index (χ4n) is 4.47. The Hall–Kier alpha value is -3.64. The van der Waals surface area contributed by atoms with Gasteiger partial charge in [-0.15, -0.1) is 0 Å². The minimum absolute atomic E-state index is 0.0877. The smallest absolute Gasteiger partial charge is 0.449 e. The summed E-state index contributed by atoms with van der Waals surface area (Å²) in [6.45, 7) is 0.329. The number of benzene rings is 1. The predicted molar refractivity (Wildman–Crippen MR) is 129 cm³/mol. The van der Waals surface area contributed by atoms with Gasteiger partial charge in [0.15, 0.2) is 5.52 Å². The average molecular weight is 550 g/mol. The van der Waals surface area contributed by atoms with Crippen LogP contribution in [0.2, 0.25) is 5.02 Å². The summed E-state index contributed by atoms with van der Waals surface area (Å²) in [5, 5.41) is 0.0877. The van der Waals surface area contributed by atoms with Gasteiger partial charge in [0, 0.05) is 42.4 Å². The average Bonchev–Trinajstić information content (AvgIpc) is 2.90. The Morgan fingerprint density at radius 1 is 1.13 bits per heavy atom. The number of aromatic nitrogens is 5. The summed E-state index contributed by atoms with van der Waals surface area (Å²) < 4.78 is 67.5. The first-order valence-corrected chi connectivity index (χ1v) is 11.9. The second kappa shape index (κ2) is 9.91. The van der Waals surface area contributed by atoms with Crippen molar-refractivity contribution in [3.8, 4) is 17.1 Å². The zero-order chi connectivity index (χ0) is 27.2. The molecule has 0 spiro atoms. The largest absolute Gasteiger partial charge is 0.481 e. The van der Waals surface area contributed by atoms with E-state index in [2.05, 4.69) is 19.9 Å². The molecule has 13 heteroatoms. The third-order valence-corrected chi connectivity index (χ3v) is 6.61. The molecule has 38 heavy (non-hydrogen) atoms. The number of halogens is 5. The van der Waals surface area contributed by atoms with E-state index in [9.17, 15) is 22.4 Å². The summed E-state index contributed by atoms with van der Waals surface area (Å²) in [6.07, 6.45) is -2.86. The van der Waals surface area contributed by atoms with Crippen molar-refractivity contribution in [2.24, 2.45) is 7.05 Å². The zero-order valence-corrected chi connectivity index (χ0v) is 20.8. The summed E-state index contributed by atoms with van der Waals surface area (Å²) in [7, 11) is 2.46. The van der Waals surface area contributed by atoms with Crippen molar-refractivity contribution in [3.63, 3.8) is 0 Å². The Balaban J connectivity index is 1.68. The van der Waals surface area contributed by atoms with Gasteiger partial charge in [-0.1, -0.05) is 11.6 Å². The minimum Gasteiger partial charge on any atom is -0.481 e. The minimum atomic E-state index is -4.93. The van der Waals surface area contributed by atoms with Crippen LogP contribution < -0.4 is 10.3 Å². The van der Waals surface area contributed by atoms with Crippen LogP contribution in [0.25, 0.3) is 22.3 Å². The van der Waals surface area contributed by atoms with E-state index in [0.29, 0.717) is 29.9 Å². The van der Waals surface area contributed by atoms with Crippen LogP contribution in [0.3, 0.4) is 0 Å². The fraction of sp³-hybridized carbons (Fsp3) is 0.320. The maximum atomic E-state index is 15.0. The molecule has 5 rings (SSSR count). The molecular weight excluding hydrogens is 530 g/mol. The van der Waals surface area contributed by atoms with Gasteiger partial charge in [-0.2, -0.15) is 13.2 Å². The highest BCUT2D eigenvalue weighted by molar-refractivity contribution is 6.30. The van der Waals surface area contributed by atoms with E-state index in [-0.39, 0.29) is 39.6 Å². The lowest BCUT2D eigenvalue weighted by Crippen LogP contribution is -2.29. The lowest BCUT2D eigenvalue weighted by atomic mass is 9.91. The lowest BCUT2D eigenvalue weighted by Gasteiger charge is -2.29. The number of hydrogen-bond donors (Lipinski definition) is 0. The van der Waals surface area contributed by atoms with Crippen LogP contribution in [-0.2, 0) is 18.0 Å².